The lowest BCUT2D eigenvalue weighted by atomic mass is 10.1. The average Bonchev–Trinajstić information content (AvgIpc) is 2.36. The number of halogens is 1. The molecule has 1 amide bonds. The second-order valence-electron chi connectivity index (χ2n) is 4.09. The van der Waals surface area contributed by atoms with Crippen molar-refractivity contribution in [1.29, 1.82) is 0 Å². The molecule has 4 heteroatoms. The Morgan fingerprint density at radius 2 is 2.29 bits per heavy atom. The highest BCUT2D eigenvalue weighted by Gasteiger charge is 2.06. The molecule has 1 unspecified atom stereocenters. The van der Waals surface area contributed by atoms with Gasteiger partial charge in [-0.05, 0) is 23.6 Å². The topological polar surface area (TPSA) is 38.3 Å². The Kier molecular flexibility index (Phi) is 5.84. The fraction of sp³-hybridized carbons (Fsp3) is 0.462. The van der Waals surface area contributed by atoms with Crippen molar-refractivity contribution in [3.05, 3.63) is 29.8 Å². The number of benzene rings is 1. The molecule has 0 saturated carbocycles. The van der Waals surface area contributed by atoms with Crippen molar-refractivity contribution in [3.8, 4) is 5.75 Å². The van der Waals surface area contributed by atoms with Crippen LogP contribution >= 0.6 is 11.6 Å². The van der Waals surface area contributed by atoms with Crippen LogP contribution in [0.5, 0.6) is 5.75 Å². The van der Waals surface area contributed by atoms with Crippen molar-refractivity contribution < 1.29 is 9.53 Å². The van der Waals surface area contributed by atoms with Gasteiger partial charge in [0.25, 0.3) is 0 Å². The number of alkyl halides is 1. The first-order valence-corrected chi connectivity index (χ1v) is 6.14. The third-order valence-electron chi connectivity index (χ3n) is 2.41. The van der Waals surface area contributed by atoms with E-state index in [0.29, 0.717) is 24.8 Å². The Hall–Kier alpha value is -1.22. The van der Waals surface area contributed by atoms with Crippen molar-refractivity contribution in [2.24, 2.45) is 5.92 Å². The highest BCUT2D eigenvalue weighted by molar-refractivity contribution is 6.18. The first kappa shape index (κ1) is 13.8. The molecule has 0 fully saturated rings. The van der Waals surface area contributed by atoms with Crippen molar-refractivity contribution in [2.45, 2.75) is 13.3 Å². The summed E-state index contributed by atoms with van der Waals surface area (Å²) in [6.07, 6.45) is 0.367. The second-order valence-corrected chi connectivity index (χ2v) is 4.40. The van der Waals surface area contributed by atoms with Crippen LogP contribution in [0.4, 0.5) is 0 Å². The Labute approximate surface area is 107 Å². The number of ether oxygens (including phenoxy) is 1. The molecule has 17 heavy (non-hydrogen) atoms. The molecule has 0 radical (unpaired) electrons. The van der Waals surface area contributed by atoms with Gasteiger partial charge in [0.1, 0.15) is 5.75 Å². The van der Waals surface area contributed by atoms with E-state index in [-0.39, 0.29) is 5.91 Å². The standard InChI is InChI=1S/C13H18ClNO2/c1-10(8-14)9-15-13(16)7-11-4-3-5-12(6-11)17-2/h3-6,10H,7-9H2,1-2H3,(H,15,16). The van der Waals surface area contributed by atoms with Crippen molar-refractivity contribution in [1.82, 2.24) is 5.32 Å². The zero-order valence-corrected chi connectivity index (χ0v) is 11.0. The Morgan fingerprint density at radius 3 is 2.94 bits per heavy atom. The summed E-state index contributed by atoms with van der Waals surface area (Å²) in [6, 6.07) is 7.51. The highest BCUT2D eigenvalue weighted by atomic mass is 35.5. The van der Waals surface area contributed by atoms with Gasteiger partial charge in [0, 0.05) is 12.4 Å². The van der Waals surface area contributed by atoms with Crippen LogP contribution in [0.1, 0.15) is 12.5 Å². The van der Waals surface area contributed by atoms with Crippen molar-refractivity contribution >= 4 is 17.5 Å². The zero-order valence-electron chi connectivity index (χ0n) is 10.2. The Bertz CT molecular complexity index is 368. The summed E-state index contributed by atoms with van der Waals surface area (Å²) in [5.74, 6) is 1.63. The third kappa shape index (κ3) is 5.09. The van der Waals surface area contributed by atoms with Crippen LogP contribution in [-0.2, 0) is 11.2 Å². The van der Waals surface area contributed by atoms with E-state index in [0.717, 1.165) is 11.3 Å². The van der Waals surface area contributed by atoms with Crippen LogP contribution in [0.25, 0.3) is 0 Å². The van der Waals surface area contributed by atoms with E-state index in [4.69, 9.17) is 16.3 Å². The third-order valence-corrected chi connectivity index (χ3v) is 2.94. The molecule has 0 aromatic heterocycles. The molecule has 1 aromatic rings. The molecule has 1 N–H and O–H groups in total. The SMILES string of the molecule is COc1cccc(CC(=O)NCC(C)CCl)c1. The molecule has 0 spiro atoms. The van der Waals surface area contributed by atoms with Gasteiger partial charge in [-0.3, -0.25) is 4.79 Å². The predicted octanol–water partition coefficient (Wildman–Crippen LogP) is 2.23. The lowest BCUT2D eigenvalue weighted by molar-refractivity contribution is -0.120. The molecule has 0 heterocycles. The van der Waals surface area contributed by atoms with E-state index in [9.17, 15) is 4.79 Å². The summed E-state index contributed by atoms with van der Waals surface area (Å²) >= 11 is 5.67. The maximum atomic E-state index is 11.6. The predicted molar refractivity (Wildman–Crippen MR) is 69.6 cm³/mol. The molecule has 0 aliphatic rings. The van der Waals surface area contributed by atoms with Gasteiger partial charge in [0.15, 0.2) is 0 Å². The minimum Gasteiger partial charge on any atom is -0.497 e. The van der Waals surface area contributed by atoms with E-state index >= 15 is 0 Å². The number of carbonyl (C=O) groups is 1. The number of methoxy groups -OCH3 is 1. The van der Waals surface area contributed by atoms with E-state index < -0.39 is 0 Å². The van der Waals surface area contributed by atoms with Gasteiger partial charge >= 0.3 is 0 Å². The molecule has 1 atom stereocenters. The molecule has 3 nitrogen and oxygen atoms in total. The monoisotopic (exact) mass is 255 g/mol. The van der Waals surface area contributed by atoms with Crippen molar-refractivity contribution in [3.63, 3.8) is 0 Å². The zero-order chi connectivity index (χ0) is 12.7. The van der Waals surface area contributed by atoms with Gasteiger partial charge in [-0.2, -0.15) is 0 Å². The summed E-state index contributed by atoms with van der Waals surface area (Å²) < 4.78 is 5.10. The van der Waals surface area contributed by atoms with E-state index in [1.165, 1.54) is 0 Å². The maximum Gasteiger partial charge on any atom is 0.224 e. The second kappa shape index (κ2) is 7.17. The molecule has 0 aliphatic carbocycles. The number of rotatable bonds is 6. The summed E-state index contributed by atoms with van der Waals surface area (Å²) in [6.45, 7) is 2.62. The first-order chi connectivity index (χ1) is 8.15. The van der Waals surface area contributed by atoms with Crippen LogP contribution in [0.15, 0.2) is 24.3 Å². The lowest BCUT2D eigenvalue weighted by Crippen LogP contribution is -2.30. The highest BCUT2D eigenvalue weighted by Crippen LogP contribution is 2.12. The summed E-state index contributed by atoms with van der Waals surface area (Å²) in [4.78, 5) is 11.6. The molecule has 1 aromatic carbocycles. The van der Waals surface area contributed by atoms with E-state index in [1.807, 2.05) is 31.2 Å². The van der Waals surface area contributed by atoms with Crippen LogP contribution in [0.3, 0.4) is 0 Å². The van der Waals surface area contributed by atoms with E-state index in [2.05, 4.69) is 5.32 Å². The molecule has 0 aliphatic heterocycles. The fourth-order valence-electron chi connectivity index (χ4n) is 1.37. The first-order valence-electron chi connectivity index (χ1n) is 5.61. The summed E-state index contributed by atoms with van der Waals surface area (Å²) in [5.41, 5.74) is 0.945. The van der Waals surface area contributed by atoms with Crippen LogP contribution in [0, 0.1) is 5.92 Å². The van der Waals surface area contributed by atoms with Crippen LogP contribution in [0.2, 0.25) is 0 Å². The number of carbonyl (C=O) groups excluding carboxylic acids is 1. The molecule has 0 saturated heterocycles. The number of hydrogen-bond donors (Lipinski definition) is 1. The van der Waals surface area contributed by atoms with E-state index in [1.54, 1.807) is 7.11 Å². The van der Waals surface area contributed by atoms with Crippen molar-refractivity contribution in [2.75, 3.05) is 19.5 Å². The van der Waals surface area contributed by atoms with Gasteiger partial charge in [-0.1, -0.05) is 19.1 Å². The number of nitrogens with one attached hydrogen (secondary N) is 1. The van der Waals surface area contributed by atoms with Crippen LogP contribution in [-0.4, -0.2) is 25.4 Å². The largest absolute Gasteiger partial charge is 0.497 e. The quantitative estimate of drug-likeness (QED) is 0.792. The summed E-state index contributed by atoms with van der Waals surface area (Å²) in [7, 11) is 1.61. The normalized spacial score (nSPS) is 11.9. The maximum absolute atomic E-state index is 11.6. The number of hydrogen-bond acceptors (Lipinski definition) is 2. The average molecular weight is 256 g/mol. The molecule has 0 bridgehead atoms. The lowest BCUT2D eigenvalue weighted by Gasteiger charge is -2.09. The fourth-order valence-corrected chi connectivity index (χ4v) is 1.48. The molecule has 1 rings (SSSR count). The molecular weight excluding hydrogens is 238 g/mol. The van der Waals surface area contributed by atoms with Gasteiger partial charge in [-0.25, -0.2) is 0 Å². The Morgan fingerprint density at radius 1 is 1.53 bits per heavy atom. The van der Waals surface area contributed by atoms with Gasteiger partial charge < -0.3 is 10.1 Å². The Balaban J connectivity index is 2.44. The smallest absolute Gasteiger partial charge is 0.224 e. The van der Waals surface area contributed by atoms with Gasteiger partial charge in [0.05, 0.1) is 13.5 Å². The summed E-state index contributed by atoms with van der Waals surface area (Å²) in [5, 5.41) is 2.86. The molecular formula is C13H18ClNO2. The van der Waals surface area contributed by atoms with Gasteiger partial charge in [0.2, 0.25) is 5.91 Å². The minimum atomic E-state index is 0.00946. The molecule has 94 valence electrons. The van der Waals surface area contributed by atoms with Gasteiger partial charge in [-0.15, -0.1) is 11.6 Å². The van der Waals surface area contributed by atoms with Crippen LogP contribution < -0.4 is 10.1 Å². The number of amides is 1. The minimum absolute atomic E-state index is 0.00946.